The van der Waals surface area contributed by atoms with Gasteiger partial charge in [0, 0.05) is 18.3 Å². The van der Waals surface area contributed by atoms with Crippen LogP contribution < -0.4 is 0 Å². The van der Waals surface area contributed by atoms with Crippen molar-refractivity contribution in [3.05, 3.63) is 23.8 Å². The van der Waals surface area contributed by atoms with Crippen LogP contribution in [0.5, 0.6) is 0 Å². The Balaban J connectivity index is 3.24. The fourth-order valence-corrected chi connectivity index (χ4v) is 5.97. The van der Waals surface area contributed by atoms with Crippen molar-refractivity contribution in [3.8, 4) is 0 Å². The smallest absolute Gasteiger partial charge is 0.306 e. The SMILES string of the molecule is [B]P(C)OC/C=C/C(C)(C)[C@]1(C)OC(C[C@@H](OP([B])C)C(C)C)C/C(=C\C)[C@@H]1OC(=O)CCCCCCC. The molecule has 3 unspecified atom stereocenters. The van der Waals surface area contributed by atoms with Gasteiger partial charge in [0.15, 0.2) is 6.10 Å². The first-order chi connectivity index (χ1) is 17.8. The lowest BCUT2D eigenvalue weighted by molar-refractivity contribution is -0.218. The van der Waals surface area contributed by atoms with Gasteiger partial charge in [-0.05, 0) is 67.6 Å². The van der Waals surface area contributed by atoms with Gasteiger partial charge in [-0.1, -0.05) is 78.5 Å². The molecule has 0 N–H and O–H groups in total. The summed E-state index contributed by atoms with van der Waals surface area (Å²) in [5.74, 6) is 0.145. The van der Waals surface area contributed by atoms with Gasteiger partial charge in [0.1, 0.15) is 20.7 Å². The van der Waals surface area contributed by atoms with E-state index in [1.54, 1.807) is 0 Å². The molecule has 1 fully saturated rings. The van der Waals surface area contributed by atoms with Crippen molar-refractivity contribution in [1.29, 1.82) is 0 Å². The Morgan fingerprint density at radius 3 is 2.39 bits per heavy atom. The van der Waals surface area contributed by atoms with Crippen molar-refractivity contribution in [2.24, 2.45) is 11.3 Å². The van der Waals surface area contributed by atoms with Gasteiger partial charge in [-0.25, -0.2) is 0 Å². The van der Waals surface area contributed by atoms with Gasteiger partial charge in [-0.2, -0.15) is 0 Å². The normalized spacial score (nSPS) is 26.1. The predicted octanol–water partition coefficient (Wildman–Crippen LogP) is 8.00. The number of hydrogen-bond acceptors (Lipinski definition) is 5. The molecule has 0 amide bonds. The van der Waals surface area contributed by atoms with E-state index < -0.39 is 33.2 Å². The van der Waals surface area contributed by atoms with Crippen LogP contribution in [0.4, 0.5) is 0 Å². The number of carbonyl (C=O) groups is 1. The first-order valence-corrected chi connectivity index (χ1v) is 17.8. The molecule has 1 heterocycles. The summed E-state index contributed by atoms with van der Waals surface area (Å²) in [6.45, 7) is 19.1. The molecule has 0 aromatic heterocycles. The van der Waals surface area contributed by atoms with E-state index in [-0.39, 0.29) is 18.2 Å². The molecule has 0 aromatic rings. The van der Waals surface area contributed by atoms with Crippen molar-refractivity contribution in [2.45, 2.75) is 124 Å². The lowest BCUT2D eigenvalue weighted by Gasteiger charge is -2.53. The summed E-state index contributed by atoms with van der Waals surface area (Å²) >= 11 is 0. The fraction of sp³-hybridized carbons (Fsp3) is 0.828. The molecule has 0 aromatic carbocycles. The number of rotatable bonds is 17. The molecule has 214 valence electrons. The summed E-state index contributed by atoms with van der Waals surface area (Å²) in [4.78, 5) is 13.0. The third kappa shape index (κ3) is 11.7. The van der Waals surface area contributed by atoms with Gasteiger partial charge >= 0.3 is 5.97 Å². The number of esters is 1. The second-order valence-electron chi connectivity index (χ2n) is 11.6. The molecule has 1 rings (SSSR count). The topological polar surface area (TPSA) is 54.0 Å². The molecular formula is C29H52B2O5P2. The van der Waals surface area contributed by atoms with E-state index >= 15 is 0 Å². The fourth-order valence-electron chi connectivity index (χ4n) is 4.89. The molecule has 38 heavy (non-hydrogen) atoms. The first-order valence-electron chi connectivity index (χ1n) is 14.2. The minimum atomic E-state index is -0.980. The summed E-state index contributed by atoms with van der Waals surface area (Å²) in [7, 11) is 9.95. The van der Waals surface area contributed by atoms with Crippen molar-refractivity contribution in [2.75, 3.05) is 19.9 Å². The average molecular weight is 564 g/mol. The predicted molar refractivity (Wildman–Crippen MR) is 165 cm³/mol. The standard InChI is InChI=1S/C29H52B2O5P2/c1-10-12-13-14-15-17-26(32)34-27-23(11-2)20-24(21-25(22(3)4)36-38(9)31)35-29(27,7)28(5,6)18-16-19-33-37(8)30/h11,16,18,22,24-25,27H,10,12-15,17,19-21H2,1-9H3/b18-16+,23-11+/t24?,25-,27+,29-,37?,38?/m1/s1. The Labute approximate surface area is 239 Å². The zero-order chi connectivity index (χ0) is 28.9. The Morgan fingerprint density at radius 2 is 1.84 bits per heavy atom. The van der Waals surface area contributed by atoms with E-state index in [0.717, 1.165) is 31.3 Å². The highest BCUT2D eigenvalue weighted by Crippen LogP contribution is 2.48. The Morgan fingerprint density at radius 1 is 1.18 bits per heavy atom. The second-order valence-corrected chi connectivity index (χ2v) is 14.2. The number of allylic oxidation sites excluding steroid dienone is 1. The van der Waals surface area contributed by atoms with Crippen LogP contribution >= 0.6 is 16.1 Å². The van der Waals surface area contributed by atoms with E-state index in [9.17, 15) is 4.79 Å². The van der Waals surface area contributed by atoms with Crippen molar-refractivity contribution >= 4 is 37.2 Å². The highest BCUT2D eigenvalue weighted by molar-refractivity contribution is 7.77. The maximum Gasteiger partial charge on any atom is 0.306 e. The van der Waals surface area contributed by atoms with Gasteiger partial charge < -0.3 is 18.5 Å². The Bertz CT molecular complexity index is 757. The van der Waals surface area contributed by atoms with Crippen LogP contribution in [0.3, 0.4) is 0 Å². The zero-order valence-corrected chi connectivity index (χ0v) is 27.3. The molecule has 0 bridgehead atoms. The van der Waals surface area contributed by atoms with E-state index in [1.807, 2.05) is 26.3 Å². The van der Waals surface area contributed by atoms with E-state index in [0.29, 0.717) is 25.4 Å². The Kier molecular flexibility index (Phi) is 16.6. The molecule has 5 nitrogen and oxygen atoms in total. The monoisotopic (exact) mass is 564 g/mol. The zero-order valence-electron chi connectivity index (χ0n) is 25.5. The molecule has 1 saturated heterocycles. The third-order valence-electron chi connectivity index (χ3n) is 7.55. The molecule has 0 saturated carbocycles. The Hall–Kier alpha value is -0.180. The molecule has 9 heteroatoms. The number of hydrogen-bond donors (Lipinski definition) is 0. The lowest BCUT2D eigenvalue weighted by atomic mass is 9.68. The lowest BCUT2D eigenvalue weighted by Crippen LogP contribution is -2.60. The molecule has 0 aliphatic carbocycles. The van der Waals surface area contributed by atoms with Crippen LogP contribution in [-0.4, -0.2) is 65.0 Å². The van der Waals surface area contributed by atoms with Crippen LogP contribution in [-0.2, 0) is 23.3 Å². The van der Waals surface area contributed by atoms with E-state index in [1.165, 1.54) is 12.8 Å². The van der Waals surface area contributed by atoms with E-state index in [4.69, 9.17) is 33.7 Å². The maximum atomic E-state index is 13.0. The van der Waals surface area contributed by atoms with Crippen LogP contribution in [0, 0.1) is 11.3 Å². The largest absolute Gasteiger partial charge is 0.455 e. The summed E-state index contributed by atoms with van der Waals surface area (Å²) in [6, 6.07) is 0. The minimum Gasteiger partial charge on any atom is -0.455 e. The highest BCUT2D eigenvalue weighted by atomic mass is 31.1. The number of unbranched alkanes of at least 4 members (excludes halogenated alkanes) is 4. The van der Waals surface area contributed by atoms with Gasteiger partial charge in [0.25, 0.3) is 0 Å². The first kappa shape index (κ1) is 35.8. The van der Waals surface area contributed by atoms with Gasteiger partial charge in [0.2, 0.25) is 0 Å². The summed E-state index contributed by atoms with van der Waals surface area (Å²) in [5.41, 5.74) is -0.179. The molecule has 4 radical (unpaired) electrons. The summed E-state index contributed by atoms with van der Waals surface area (Å²) < 4.78 is 24.9. The van der Waals surface area contributed by atoms with E-state index in [2.05, 4.69) is 53.7 Å². The molecular weight excluding hydrogens is 512 g/mol. The van der Waals surface area contributed by atoms with Gasteiger partial charge in [-0.3, -0.25) is 4.79 Å². The second kappa shape index (κ2) is 17.6. The van der Waals surface area contributed by atoms with Crippen LogP contribution in [0.15, 0.2) is 23.8 Å². The molecule has 1 aliphatic heterocycles. The van der Waals surface area contributed by atoms with Crippen molar-refractivity contribution in [3.63, 3.8) is 0 Å². The number of carbonyl (C=O) groups excluding carboxylic acids is 1. The quantitative estimate of drug-likeness (QED) is 0.0589. The van der Waals surface area contributed by atoms with Crippen LogP contribution in [0.25, 0.3) is 0 Å². The average Bonchev–Trinajstić information content (AvgIpc) is 2.82. The molecule has 0 spiro atoms. The summed E-state index contributed by atoms with van der Waals surface area (Å²) in [5, 5.41) is 0. The molecule has 1 aliphatic rings. The minimum absolute atomic E-state index is 0.00824. The van der Waals surface area contributed by atoms with Crippen LogP contribution in [0.2, 0.25) is 0 Å². The molecule has 6 atom stereocenters. The van der Waals surface area contributed by atoms with Gasteiger partial charge in [-0.15, -0.1) is 0 Å². The maximum absolute atomic E-state index is 13.0. The third-order valence-corrected chi connectivity index (χ3v) is 8.70. The highest BCUT2D eigenvalue weighted by Gasteiger charge is 2.54. The van der Waals surface area contributed by atoms with Crippen LogP contribution in [0.1, 0.15) is 99.8 Å². The van der Waals surface area contributed by atoms with Crippen molar-refractivity contribution in [1.82, 2.24) is 0 Å². The number of ether oxygens (including phenoxy) is 2. The van der Waals surface area contributed by atoms with Crippen molar-refractivity contribution < 1.29 is 23.3 Å². The summed E-state index contributed by atoms with van der Waals surface area (Å²) in [6.07, 6.45) is 12.9. The van der Waals surface area contributed by atoms with Gasteiger partial charge in [0.05, 0.1) is 18.8 Å².